The van der Waals surface area contributed by atoms with E-state index >= 15 is 0 Å². The van der Waals surface area contributed by atoms with Crippen molar-refractivity contribution < 1.29 is 18.7 Å². The molecule has 3 rings (SSSR count). The van der Waals surface area contributed by atoms with E-state index in [1.807, 2.05) is 40.0 Å². The van der Waals surface area contributed by atoms with Crippen molar-refractivity contribution >= 4 is 33.0 Å². The molecule has 1 aliphatic heterocycles. The van der Waals surface area contributed by atoms with Gasteiger partial charge in [0.15, 0.2) is 0 Å². The van der Waals surface area contributed by atoms with Gasteiger partial charge < -0.3 is 23.7 Å². The zero-order valence-electron chi connectivity index (χ0n) is 18.7. The van der Waals surface area contributed by atoms with E-state index in [4.69, 9.17) is 13.9 Å². The molecular weight excluding hydrogens is 464 g/mol. The number of ether oxygens (including phenoxy) is 2. The van der Waals surface area contributed by atoms with Crippen LogP contribution in [0.15, 0.2) is 37.9 Å². The summed E-state index contributed by atoms with van der Waals surface area (Å²) in [5.74, 6) is 0.552. The molecule has 1 amide bonds. The highest BCUT2D eigenvalue weighted by molar-refractivity contribution is 9.10. The fourth-order valence-corrected chi connectivity index (χ4v) is 4.05. The second-order valence-corrected chi connectivity index (χ2v) is 9.85. The molecule has 31 heavy (non-hydrogen) atoms. The number of amides is 1. The number of hydrogen-bond acceptors (Lipinski definition) is 6. The summed E-state index contributed by atoms with van der Waals surface area (Å²) < 4.78 is 17.5. The van der Waals surface area contributed by atoms with Crippen molar-refractivity contribution in [3.63, 3.8) is 0 Å². The minimum Gasteiger partial charge on any atom is -0.492 e. The predicted octanol–water partition coefficient (Wildman–Crippen LogP) is 4.66. The van der Waals surface area contributed by atoms with Crippen LogP contribution in [0.2, 0.25) is 0 Å². The lowest BCUT2D eigenvalue weighted by Gasteiger charge is -2.37. The summed E-state index contributed by atoms with van der Waals surface area (Å²) in [5.41, 5.74) is -0.391. The Labute approximate surface area is 191 Å². The maximum absolute atomic E-state index is 12.3. The predicted molar refractivity (Wildman–Crippen MR) is 124 cm³/mol. The molecular formula is C23H31BrN2O5. The smallest absolute Gasteiger partial charge is 0.410 e. The molecule has 1 fully saturated rings. The third kappa shape index (κ3) is 6.71. The summed E-state index contributed by atoms with van der Waals surface area (Å²) in [4.78, 5) is 28.2. The largest absolute Gasteiger partial charge is 0.492 e. The molecule has 0 aliphatic carbocycles. The van der Waals surface area contributed by atoms with Crippen LogP contribution in [0.1, 0.15) is 40.0 Å². The average Bonchev–Trinajstić information content (AvgIpc) is 2.69. The third-order valence-corrected chi connectivity index (χ3v) is 5.82. The van der Waals surface area contributed by atoms with Gasteiger partial charge in [-0.15, -0.1) is 0 Å². The van der Waals surface area contributed by atoms with Gasteiger partial charge in [0.05, 0.1) is 18.1 Å². The molecule has 1 aromatic heterocycles. The topological polar surface area (TPSA) is 72.2 Å². The van der Waals surface area contributed by atoms with E-state index in [0.717, 1.165) is 48.8 Å². The number of hydrogen-bond donors (Lipinski definition) is 0. The maximum Gasteiger partial charge on any atom is 0.410 e. The van der Waals surface area contributed by atoms with Crippen molar-refractivity contribution in [2.24, 2.45) is 0 Å². The number of fused-ring (bicyclic) bond motifs is 1. The number of halogens is 1. The molecule has 0 atom stereocenters. The molecule has 2 heterocycles. The first-order valence-corrected chi connectivity index (χ1v) is 11.5. The molecule has 0 saturated carbocycles. The van der Waals surface area contributed by atoms with Crippen LogP contribution in [0.5, 0.6) is 5.75 Å². The van der Waals surface area contributed by atoms with Crippen LogP contribution < -0.4 is 10.4 Å². The third-order valence-electron chi connectivity index (χ3n) is 5.33. The zero-order valence-corrected chi connectivity index (χ0v) is 20.2. The van der Waals surface area contributed by atoms with Crippen molar-refractivity contribution in [1.29, 1.82) is 0 Å². The number of carbonyl (C=O) groups excluding carboxylic acids is 1. The van der Waals surface area contributed by atoms with E-state index in [9.17, 15) is 9.59 Å². The summed E-state index contributed by atoms with van der Waals surface area (Å²) in [5, 5.41) is 0.786. The Kier molecular flexibility index (Phi) is 7.64. The SMILES string of the molecule is CN(C(=O)OC(C)(C)C)C1CCN(CCCOc2cc(=O)oc3cc(Br)ccc23)CC1. The first-order chi connectivity index (χ1) is 14.6. The van der Waals surface area contributed by atoms with Gasteiger partial charge in [0.1, 0.15) is 16.9 Å². The minimum atomic E-state index is -0.479. The highest BCUT2D eigenvalue weighted by atomic mass is 79.9. The molecule has 1 aliphatic rings. The van der Waals surface area contributed by atoms with Gasteiger partial charge in [-0.1, -0.05) is 15.9 Å². The van der Waals surface area contributed by atoms with Crippen LogP contribution >= 0.6 is 15.9 Å². The van der Waals surface area contributed by atoms with E-state index < -0.39 is 11.2 Å². The van der Waals surface area contributed by atoms with Crippen LogP contribution in [0.25, 0.3) is 11.0 Å². The summed E-state index contributed by atoms with van der Waals surface area (Å²) in [7, 11) is 1.82. The van der Waals surface area contributed by atoms with Gasteiger partial charge in [0, 0.05) is 37.2 Å². The Hall–Kier alpha value is -2.06. The standard InChI is InChI=1S/C23H31BrN2O5/c1-23(2,3)31-22(28)25(4)17-8-11-26(12-9-17)10-5-13-29-19-15-21(27)30-20-14-16(24)6-7-18(19)20/h6-7,14-15,17H,5,8-13H2,1-4H3. The van der Waals surface area contributed by atoms with Crippen LogP contribution in [-0.2, 0) is 4.74 Å². The highest BCUT2D eigenvalue weighted by Crippen LogP contribution is 2.26. The van der Waals surface area contributed by atoms with Gasteiger partial charge in [-0.25, -0.2) is 9.59 Å². The molecule has 1 aromatic carbocycles. The molecule has 0 spiro atoms. The van der Waals surface area contributed by atoms with Crippen molar-refractivity contribution in [2.45, 2.75) is 51.7 Å². The van der Waals surface area contributed by atoms with E-state index in [0.29, 0.717) is 17.9 Å². The van der Waals surface area contributed by atoms with Crippen LogP contribution in [0.4, 0.5) is 4.79 Å². The highest BCUT2D eigenvalue weighted by Gasteiger charge is 2.28. The maximum atomic E-state index is 12.3. The summed E-state index contributed by atoms with van der Waals surface area (Å²) in [6.07, 6.45) is 2.45. The van der Waals surface area contributed by atoms with Crippen molar-refractivity contribution in [3.05, 3.63) is 39.2 Å². The molecule has 1 saturated heterocycles. The first kappa shape index (κ1) is 23.6. The first-order valence-electron chi connectivity index (χ1n) is 10.7. The van der Waals surface area contributed by atoms with E-state index in [-0.39, 0.29) is 12.1 Å². The lowest BCUT2D eigenvalue weighted by Crippen LogP contribution is -2.47. The van der Waals surface area contributed by atoms with Gasteiger partial charge in [0.25, 0.3) is 0 Å². The molecule has 2 aromatic rings. The van der Waals surface area contributed by atoms with Gasteiger partial charge in [-0.05, 0) is 58.2 Å². The monoisotopic (exact) mass is 494 g/mol. The quantitative estimate of drug-likeness (QED) is 0.429. The Bertz CT molecular complexity index is 961. The Morgan fingerprint density at radius 2 is 1.97 bits per heavy atom. The zero-order chi connectivity index (χ0) is 22.6. The Morgan fingerprint density at radius 1 is 1.26 bits per heavy atom. The van der Waals surface area contributed by atoms with Gasteiger partial charge in [-0.2, -0.15) is 0 Å². The van der Waals surface area contributed by atoms with Crippen LogP contribution in [-0.4, -0.2) is 60.8 Å². The Morgan fingerprint density at radius 3 is 2.65 bits per heavy atom. The fourth-order valence-electron chi connectivity index (χ4n) is 3.71. The number of rotatable bonds is 6. The second kappa shape index (κ2) is 10.0. The average molecular weight is 495 g/mol. The fraction of sp³-hybridized carbons (Fsp3) is 0.565. The summed E-state index contributed by atoms with van der Waals surface area (Å²) in [6.45, 7) is 8.95. The molecule has 0 bridgehead atoms. The number of benzene rings is 1. The van der Waals surface area contributed by atoms with E-state index in [1.54, 1.807) is 11.0 Å². The van der Waals surface area contributed by atoms with Gasteiger partial charge in [0.2, 0.25) is 0 Å². The van der Waals surface area contributed by atoms with Crippen LogP contribution in [0.3, 0.4) is 0 Å². The number of piperidine rings is 1. The summed E-state index contributed by atoms with van der Waals surface area (Å²) >= 11 is 3.39. The van der Waals surface area contributed by atoms with Gasteiger partial charge in [-0.3, -0.25) is 0 Å². The van der Waals surface area contributed by atoms with E-state index in [2.05, 4.69) is 20.8 Å². The number of carbonyl (C=O) groups is 1. The van der Waals surface area contributed by atoms with Crippen molar-refractivity contribution in [3.8, 4) is 5.75 Å². The lowest BCUT2D eigenvalue weighted by atomic mass is 10.0. The second-order valence-electron chi connectivity index (χ2n) is 8.94. The normalized spacial score (nSPS) is 15.8. The number of nitrogens with zero attached hydrogens (tertiary/aromatic N) is 2. The number of likely N-dealkylation sites (tertiary alicyclic amines) is 1. The molecule has 170 valence electrons. The molecule has 7 nitrogen and oxygen atoms in total. The Balaban J connectivity index is 1.43. The summed E-state index contributed by atoms with van der Waals surface area (Å²) in [6, 6.07) is 7.14. The molecule has 0 N–H and O–H groups in total. The molecule has 0 unspecified atom stereocenters. The van der Waals surface area contributed by atoms with Crippen molar-refractivity contribution in [1.82, 2.24) is 9.80 Å². The van der Waals surface area contributed by atoms with Gasteiger partial charge >= 0.3 is 11.7 Å². The lowest BCUT2D eigenvalue weighted by molar-refractivity contribution is 0.0151. The molecule has 8 heteroatoms. The van der Waals surface area contributed by atoms with Crippen LogP contribution in [0, 0.1) is 0 Å². The van der Waals surface area contributed by atoms with Crippen molar-refractivity contribution in [2.75, 3.05) is 33.3 Å². The van der Waals surface area contributed by atoms with E-state index in [1.165, 1.54) is 6.07 Å². The molecule has 0 radical (unpaired) electrons. The minimum absolute atomic E-state index is 0.205.